The zero-order chi connectivity index (χ0) is 14.3. The summed E-state index contributed by atoms with van der Waals surface area (Å²) in [6.45, 7) is 4.15. The molecule has 0 amide bonds. The molecule has 7 heteroatoms. The molecular weight excluding hydrogens is 272 g/mol. The zero-order valence-corrected chi connectivity index (χ0v) is 12.7. The summed E-state index contributed by atoms with van der Waals surface area (Å²) < 4.78 is 4.18. The minimum absolute atomic E-state index is 0.740. The fraction of sp³-hybridized carbons (Fsp3) is 0.308. The molecule has 0 fully saturated rings. The van der Waals surface area contributed by atoms with Crippen molar-refractivity contribution < 1.29 is 0 Å². The Labute approximate surface area is 120 Å². The topological polar surface area (TPSA) is 63.8 Å². The predicted molar refractivity (Wildman–Crippen MR) is 79.0 cm³/mol. The van der Waals surface area contributed by atoms with Crippen molar-refractivity contribution in [3.05, 3.63) is 34.0 Å². The maximum atomic E-state index is 4.27. The Bertz CT molecular complexity index is 803. The average molecular weight is 288 g/mol. The van der Waals surface area contributed by atoms with Crippen LogP contribution in [0.5, 0.6) is 0 Å². The Balaban J connectivity index is 2.22. The standard InChI is InChI=1S/C13H16N6S/c1-8-5-10(11-6-20-13(14-3)18(11)4)9(2)19(8)12-15-7-16-17-12/h5-7H,1-4H3,(H,15,16,17). The molecule has 0 saturated heterocycles. The van der Waals surface area contributed by atoms with E-state index < -0.39 is 0 Å². The van der Waals surface area contributed by atoms with Gasteiger partial charge in [-0.1, -0.05) is 0 Å². The van der Waals surface area contributed by atoms with Gasteiger partial charge in [-0.05, 0) is 19.9 Å². The van der Waals surface area contributed by atoms with Gasteiger partial charge in [0, 0.05) is 36.4 Å². The number of aromatic nitrogens is 5. The van der Waals surface area contributed by atoms with E-state index >= 15 is 0 Å². The van der Waals surface area contributed by atoms with Crippen molar-refractivity contribution in [3.63, 3.8) is 0 Å². The Morgan fingerprint density at radius 2 is 2.15 bits per heavy atom. The van der Waals surface area contributed by atoms with E-state index in [1.165, 1.54) is 11.9 Å². The maximum Gasteiger partial charge on any atom is 0.229 e. The van der Waals surface area contributed by atoms with E-state index in [-0.39, 0.29) is 0 Å². The lowest BCUT2D eigenvalue weighted by Gasteiger charge is -2.06. The van der Waals surface area contributed by atoms with E-state index in [1.54, 1.807) is 11.3 Å². The number of rotatable bonds is 2. The van der Waals surface area contributed by atoms with Crippen LogP contribution >= 0.6 is 11.3 Å². The Kier molecular flexibility index (Phi) is 3.06. The number of aryl methyl sites for hydroxylation is 1. The second-order valence-electron chi connectivity index (χ2n) is 4.62. The van der Waals surface area contributed by atoms with Crippen LogP contribution in [0, 0.1) is 13.8 Å². The molecular formula is C13H16N6S. The first-order valence-electron chi connectivity index (χ1n) is 6.26. The van der Waals surface area contributed by atoms with Crippen molar-refractivity contribution in [1.29, 1.82) is 0 Å². The van der Waals surface area contributed by atoms with Gasteiger partial charge in [-0.2, -0.15) is 10.1 Å². The molecule has 0 saturated carbocycles. The van der Waals surface area contributed by atoms with E-state index in [9.17, 15) is 0 Å². The molecule has 0 aliphatic rings. The minimum atomic E-state index is 0.740. The molecule has 0 spiro atoms. The van der Waals surface area contributed by atoms with Gasteiger partial charge < -0.3 is 4.57 Å². The Morgan fingerprint density at radius 3 is 2.75 bits per heavy atom. The minimum Gasteiger partial charge on any atom is -0.320 e. The van der Waals surface area contributed by atoms with Gasteiger partial charge in [-0.25, -0.2) is 5.10 Å². The normalized spacial score (nSPS) is 12.3. The summed E-state index contributed by atoms with van der Waals surface area (Å²) in [4.78, 5) is 9.51. The lowest BCUT2D eigenvalue weighted by molar-refractivity contribution is 0.864. The smallest absolute Gasteiger partial charge is 0.229 e. The van der Waals surface area contributed by atoms with Crippen LogP contribution in [0.15, 0.2) is 22.8 Å². The van der Waals surface area contributed by atoms with Crippen LogP contribution in [0.25, 0.3) is 17.2 Å². The van der Waals surface area contributed by atoms with Crippen molar-refractivity contribution in [2.75, 3.05) is 7.05 Å². The molecule has 0 aliphatic carbocycles. The third kappa shape index (κ3) is 1.82. The van der Waals surface area contributed by atoms with E-state index in [4.69, 9.17) is 0 Å². The summed E-state index contributed by atoms with van der Waals surface area (Å²) in [5, 5.41) is 8.97. The van der Waals surface area contributed by atoms with Crippen LogP contribution in [0.4, 0.5) is 0 Å². The molecule has 1 N–H and O–H groups in total. The molecule has 0 bridgehead atoms. The highest BCUT2D eigenvalue weighted by atomic mass is 32.1. The van der Waals surface area contributed by atoms with Crippen LogP contribution in [-0.4, -0.2) is 31.4 Å². The first-order valence-corrected chi connectivity index (χ1v) is 7.14. The van der Waals surface area contributed by atoms with Gasteiger partial charge in [0.2, 0.25) is 5.95 Å². The Morgan fingerprint density at radius 1 is 1.35 bits per heavy atom. The monoisotopic (exact) mass is 288 g/mol. The molecule has 3 rings (SSSR count). The lowest BCUT2D eigenvalue weighted by atomic mass is 10.2. The van der Waals surface area contributed by atoms with Gasteiger partial charge in [0.05, 0.1) is 5.69 Å². The first-order chi connectivity index (χ1) is 9.63. The van der Waals surface area contributed by atoms with Gasteiger partial charge in [0.25, 0.3) is 0 Å². The number of aromatic amines is 1. The molecule has 0 atom stereocenters. The van der Waals surface area contributed by atoms with Crippen molar-refractivity contribution in [2.24, 2.45) is 12.0 Å². The SMILES string of the molecule is CN=c1scc(-c2cc(C)n(-c3ncn[nH]3)c2C)n1C. The highest BCUT2D eigenvalue weighted by Gasteiger charge is 2.16. The van der Waals surface area contributed by atoms with E-state index in [0.29, 0.717) is 0 Å². The van der Waals surface area contributed by atoms with Gasteiger partial charge in [-0.3, -0.25) is 9.56 Å². The predicted octanol–water partition coefficient (Wildman–Crippen LogP) is 1.81. The second kappa shape index (κ2) is 4.75. The fourth-order valence-corrected chi connectivity index (χ4v) is 3.34. The Hall–Kier alpha value is -2.15. The average Bonchev–Trinajstić information content (AvgIpc) is 3.11. The molecule has 6 nitrogen and oxygen atoms in total. The van der Waals surface area contributed by atoms with Crippen LogP contribution in [-0.2, 0) is 7.05 Å². The summed E-state index contributed by atoms with van der Waals surface area (Å²) in [5.74, 6) is 0.740. The molecule has 0 aromatic carbocycles. The quantitative estimate of drug-likeness (QED) is 0.781. The van der Waals surface area contributed by atoms with Crippen LogP contribution in [0.3, 0.4) is 0 Å². The molecule has 0 unspecified atom stereocenters. The summed E-state index contributed by atoms with van der Waals surface area (Å²) in [6.07, 6.45) is 1.52. The number of H-pyrrole nitrogens is 1. The largest absolute Gasteiger partial charge is 0.320 e. The maximum absolute atomic E-state index is 4.27. The number of nitrogens with one attached hydrogen (secondary N) is 1. The van der Waals surface area contributed by atoms with E-state index in [2.05, 4.69) is 54.6 Å². The van der Waals surface area contributed by atoms with Gasteiger partial charge in [-0.15, -0.1) is 11.3 Å². The van der Waals surface area contributed by atoms with Crippen LogP contribution < -0.4 is 4.80 Å². The number of nitrogens with zero attached hydrogens (tertiary/aromatic N) is 5. The first kappa shape index (κ1) is 12.9. The van der Waals surface area contributed by atoms with Gasteiger partial charge in [0.1, 0.15) is 6.33 Å². The van der Waals surface area contributed by atoms with Crippen molar-refractivity contribution in [1.82, 2.24) is 24.3 Å². The zero-order valence-electron chi connectivity index (χ0n) is 11.9. The fourth-order valence-electron chi connectivity index (χ4n) is 2.47. The van der Waals surface area contributed by atoms with E-state index in [1.807, 2.05) is 14.1 Å². The highest BCUT2D eigenvalue weighted by molar-refractivity contribution is 7.07. The van der Waals surface area contributed by atoms with Crippen molar-refractivity contribution >= 4 is 11.3 Å². The van der Waals surface area contributed by atoms with Crippen molar-refractivity contribution in [3.8, 4) is 17.2 Å². The highest BCUT2D eigenvalue weighted by Crippen LogP contribution is 2.28. The molecule has 3 aromatic heterocycles. The molecule has 20 heavy (non-hydrogen) atoms. The van der Waals surface area contributed by atoms with Gasteiger partial charge in [0.15, 0.2) is 4.80 Å². The number of thiazole rings is 1. The summed E-state index contributed by atoms with van der Waals surface area (Å²) in [5.41, 5.74) is 4.60. The molecule has 104 valence electrons. The number of hydrogen-bond donors (Lipinski definition) is 1. The van der Waals surface area contributed by atoms with Crippen molar-refractivity contribution in [2.45, 2.75) is 13.8 Å². The lowest BCUT2D eigenvalue weighted by Crippen LogP contribution is -2.11. The molecule has 0 radical (unpaired) electrons. The van der Waals surface area contributed by atoms with Crippen LogP contribution in [0.2, 0.25) is 0 Å². The molecule has 0 aliphatic heterocycles. The number of hydrogen-bond acceptors (Lipinski definition) is 4. The third-order valence-corrected chi connectivity index (χ3v) is 4.45. The van der Waals surface area contributed by atoms with Gasteiger partial charge >= 0.3 is 0 Å². The third-order valence-electron chi connectivity index (χ3n) is 3.44. The van der Waals surface area contributed by atoms with Crippen LogP contribution in [0.1, 0.15) is 11.4 Å². The summed E-state index contributed by atoms with van der Waals surface area (Å²) >= 11 is 1.64. The molecule has 3 heterocycles. The second-order valence-corrected chi connectivity index (χ2v) is 5.45. The molecule has 3 aromatic rings. The summed E-state index contributed by atoms with van der Waals surface area (Å²) in [6, 6.07) is 2.17. The van der Waals surface area contributed by atoms with E-state index in [0.717, 1.165) is 27.8 Å². The summed E-state index contributed by atoms with van der Waals surface area (Å²) in [7, 11) is 3.85.